The largest absolute Gasteiger partial charge is 0.450 e. The summed E-state index contributed by atoms with van der Waals surface area (Å²) in [5, 5.41) is 6.12. The Hall–Kier alpha value is -2.04. The van der Waals surface area contributed by atoms with Gasteiger partial charge in [-0.15, -0.1) is 0 Å². The summed E-state index contributed by atoms with van der Waals surface area (Å²) in [7, 11) is 0. The van der Waals surface area contributed by atoms with E-state index in [1.54, 1.807) is 6.92 Å². The summed E-state index contributed by atoms with van der Waals surface area (Å²) in [6.07, 6.45) is 1.69. The van der Waals surface area contributed by atoms with Crippen molar-refractivity contribution in [3.05, 3.63) is 23.3 Å². The van der Waals surface area contributed by atoms with Crippen molar-refractivity contribution in [1.29, 1.82) is 0 Å². The normalized spacial score (nSPS) is 13.8. The number of benzene rings is 1. The van der Waals surface area contributed by atoms with Gasteiger partial charge in [-0.25, -0.2) is 4.79 Å². The van der Waals surface area contributed by atoms with E-state index in [-0.39, 0.29) is 0 Å². The van der Waals surface area contributed by atoms with Gasteiger partial charge in [0.1, 0.15) is 5.84 Å². The summed E-state index contributed by atoms with van der Waals surface area (Å²) in [5.41, 5.74) is 3.97. The highest BCUT2D eigenvalue weighted by atomic mass is 16.5. The zero-order valence-electron chi connectivity index (χ0n) is 12.2. The third-order valence-electron chi connectivity index (χ3n) is 3.20. The number of aryl methyl sites for hydroxylation is 2. The molecule has 0 unspecified atom stereocenters. The molecule has 0 saturated heterocycles. The molecule has 2 N–H and O–H groups in total. The Kier molecular flexibility index (Phi) is 4.61. The molecule has 1 aliphatic rings. The molecule has 0 radical (unpaired) electrons. The summed E-state index contributed by atoms with van der Waals surface area (Å²) >= 11 is 0. The molecule has 0 saturated carbocycles. The fraction of sp³-hybridized carbons (Fsp3) is 0.467. The number of hydrogen-bond donors (Lipinski definition) is 2. The second kappa shape index (κ2) is 6.41. The van der Waals surface area contributed by atoms with Crippen molar-refractivity contribution >= 4 is 23.3 Å². The number of carbonyl (C=O) groups is 1. The number of aliphatic imine (C=N–C) groups is 1. The number of nitrogens with one attached hydrogen (secondary N) is 2. The van der Waals surface area contributed by atoms with Crippen LogP contribution in [0.2, 0.25) is 0 Å². The van der Waals surface area contributed by atoms with Gasteiger partial charge in [0.05, 0.1) is 6.61 Å². The van der Waals surface area contributed by atoms with E-state index in [0.717, 1.165) is 47.7 Å². The fourth-order valence-electron chi connectivity index (χ4n) is 2.30. The van der Waals surface area contributed by atoms with Crippen LogP contribution in [0.3, 0.4) is 0 Å². The van der Waals surface area contributed by atoms with Gasteiger partial charge >= 0.3 is 6.09 Å². The molecule has 0 fully saturated rings. The van der Waals surface area contributed by atoms with Gasteiger partial charge in [-0.05, 0) is 50.5 Å². The Morgan fingerprint density at radius 1 is 1.35 bits per heavy atom. The molecule has 108 valence electrons. The zero-order chi connectivity index (χ0) is 14.5. The Morgan fingerprint density at radius 2 is 2.05 bits per heavy atom. The van der Waals surface area contributed by atoms with Gasteiger partial charge in [0.15, 0.2) is 0 Å². The molecule has 1 aromatic carbocycles. The van der Waals surface area contributed by atoms with E-state index in [1.165, 1.54) is 0 Å². The average Bonchev–Trinajstić information content (AvgIpc) is 2.87. The standard InChI is InChI=1S/C15H21N3O2/c1-4-20-15(19)17-12-8-10(2)14(11(3)9-12)18-13-6-5-7-16-13/h8-9H,4-7H2,1-3H3,(H,16,18)(H,17,19). The van der Waals surface area contributed by atoms with Gasteiger partial charge in [-0.2, -0.15) is 0 Å². The first kappa shape index (κ1) is 14.4. The molecule has 0 atom stereocenters. The van der Waals surface area contributed by atoms with Crippen molar-refractivity contribution < 1.29 is 9.53 Å². The molecule has 20 heavy (non-hydrogen) atoms. The molecule has 1 aromatic rings. The molecule has 1 amide bonds. The van der Waals surface area contributed by atoms with Crippen LogP contribution < -0.4 is 10.6 Å². The summed E-state index contributed by atoms with van der Waals surface area (Å²) in [6.45, 7) is 7.08. The number of amidine groups is 1. The summed E-state index contributed by atoms with van der Waals surface area (Å²) in [6, 6.07) is 3.86. The van der Waals surface area contributed by atoms with Gasteiger partial charge in [0.25, 0.3) is 0 Å². The molecule has 5 nitrogen and oxygen atoms in total. The van der Waals surface area contributed by atoms with Gasteiger partial charge < -0.3 is 10.1 Å². The fourth-order valence-corrected chi connectivity index (χ4v) is 2.30. The molecule has 0 aromatic heterocycles. The maximum Gasteiger partial charge on any atom is 0.411 e. The molecular weight excluding hydrogens is 254 g/mol. The van der Waals surface area contributed by atoms with E-state index in [1.807, 2.05) is 26.0 Å². The van der Waals surface area contributed by atoms with E-state index in [2.05, 4.69) is 15.6 Å². The predicted molar refractivity (Wildman–Crippen MR) is 81.7 cm³/mol. The van der Waals surface area contributed by atoms with Crippen molar-refractivity contribution in [3.8, 4) is 0 Å². The minimum Gasteiger partial charge on any atom is -0.450 e. The average molecular weight is 275 g/mol. The number of nitrogens with zero attached hydrogens (tertiary/aromatic N) is 1. The van der Waals surface area contributed by atoms with E-state index in [0.29, 0.717) is 6.61 Å². The maximum atomic E-state index is 11.4. The number of anilines is 2. The zero-order valence-corrected chi connectivity index (χ0v) is 12.2. The Labute approximate surface area is 119 Å². The smallest absolute Gasteiger partial charge is 0.411 e. The van der Waals surface area contributed by atoms with Crippen molar-refractivity contribution in [2.24, 2.45) is 4.99 Å². The number of carbonyl (C=O) groups excluding carboxylic acids is 1. The minimum atomic E-state index is -0.424. The Bertz CT molecular complexity index is 515. The monoisotopic (exact) mass is 275 g/mol. The summed E-state index contributed by atoms with van der Waals surface area (Å²) < 4.78 is 4.88. The molecular formula is C15H21N3O2. The quantitative estimate of drug-likeness (QED) is 0.887. The third kappa shape index (κ3) is 3.50. The van der Waals surface area contributed by atoms with Crippen LogP contribution in [-0.2, 0) is 4.74 Å². The number of hydrogen-bond acceptors (Lipinski definition) is 4. The molecule has 1 heterocycles. The molecule has 0 spiro atoms. The second-order valence-corrected chi connectivity index (χ2v) is 4.89. The van der Waals surface area contributed by atoms with Crippen LogP contribution in [0.15, 0.2) is 17.1 Å². The Morgan fingerprint density at radius 3 is 2.60 bits per heavy atom. The van der Waals surface area contributed by atoms with Gasteiger partial charge in [0.2, 0.25) is 0 Å². The van der Waals surface area contributed by atoms with Crippen LogP contribution in [0.5, 0.6) is 0 Å². The van der Waals surface area contributed by atoms with E-state index in [9.17, 15) is 4.79 Å². The van der Waals surface area contributed by atoms with E-state index < -0.39 is 6.09 Å². The molecule has 1 aliphatic heterocycles. The number of ether oxygens (including phenoxy) is 1. The lowest BCUT2D eigenvalue weighted by Crippen LogP contribution is -2.15. The lowest BCUT2D eigenvalue weighted by atomic mass is 10.1. The summed E-state index contributed by atoms with van der Waals surface area (Å²) in [4.78, 5) is 15.9. The van der Waals surface area contributed by atoms with E-state index in [4.69, 9.17) is 4.74 Å². The number of rotatable bonds is 3. The van der Waals surface area contributed by atoms with Crippen LogP contribution in [-0.4, -0.2) is 25.1 Å². The highest BCUT2D eigenvalue weighted by Crippen LogP contribution is 2.26. The van der Waals surface area contributed by atoms with Crippen LogP contribution >= 0.6 is 0 Å². The summed E-state index contributed by atoms with van der Waals surface area (Å²) in [5.74, 6) is 1.04. The topological polar surface area (TPSA) is 62.7 Å². The van der Waals surface area contributed by atoms with Crippen molar-refractivity contribution in [3.63, 3.8) is 0 Å². The first-order valence-electron chi connectivity index (χ1n) is 6.95. The lowest BCUT2D eigenvalue weighted by Gasteiger charge is -2.15. The highest BCUT2D eigenvalue weighted by molar-refractivity contribution is 5.98. The van der Waals surface area contributed by atoms with Crippen LogP contribution in [0.1, 0.15) is 30.9 Å². The van der Waals surface area contributed by atoms with Gasteiger partial charge in [-0.3, -0.25) is 10.3 Å². The third-order valence-corrected chi connectivity index (χ3v) is 3.20. The van der Waals surface area contributed by atoms with Crippen LogP contribution in [0.25, 0.3) is 0 Å². The van der Waals surface area contributed by atoms with Crippen molar-refractivity contribution in [1.82, 2.24) is 0 Å². The van der Waals surface area contributed by atoms with Crippen molar-refractivity contribution in [2.75, 3.05) is 23.8 Å². The van der Waals surface area contributed by atoms with Gasteiger partial charge in [-0.1, -0.05) is 0 Å². The van der Waals surface area contributed by atoms with E-state index >= 15 is 0 Å². The molecule has 0 aliphatic carbocycles. The first-order valence-corrected chi connectivity index (χ1v) is 6.95. The minimum absolute atomic E-state index is 0.364. The highest BCUT2D eigenvalue weighted by Gasteiger charge is 2.11. The van der Waals surface area contributed by atoms with Gasteiger partial charge in [0, 0.05) is 24.3 Å². The second-order valence-electron chi connectivity index (χ2n) is 4.89. The maximum absolute atomic E-state index is 11.4. The van der Waals surface area contributed by atoms with Crippen LogP contribution in [0, 0.1) is 13.8 Å². The van der Waals surface area contributed by atoms with Crippen molar-refractivity contribution in [2.45, 2.75) is 33.6 Å². The Balaban J connectivity index is 2.13. The molecule has 2 rings (SSSR count). The lowest BCUT2D eigenvalue weighted by molar-refractivity contribution is 0.168. The predicted octanol–water partition coefficient (Wildman–Crippen LogP) is 3.48. The number of amides is 1. The van der Waals surface area contributed by atoms with Crippen LogP contribution in [0.4, 0.5) is 16.2 Å². The SMILES string of the molecule is CCOC(=O)Nc1cc(C)c(NC2=NCCC2)c(C)c1. The molecule has 5 heteroatoms. The molecule has 0 bridgehead atoms. The first-order chi connectivity index (χ1) is 9.60.